The molecule has 0 spiro atoms. The van der Waals surface area contributed by atoms with Gasteiger partial charge in [-0.3, -0.25) is 25.0 Å². The predicted molar refractivity (Wildman–Crippen MR) is 171 cm³/mol. The molecule has 15 heteroatoms. The van der Waals surface area contributed by atoms with E-state index in [1.807, 2.05) is 0 Å². The fourth-order valence-electron chi connectivity index (χ4n) is 4.88. The smallest absolute Gasteiger partial charge is 0.315 e. The van der Waals surface area contributed by atoms with Gasteiger partial charge in [0.1, 0.15) is 0 Å². The highest BCUT2D eigenvalue weighted by atomic mass is 35.5. The zero-order valence-corrected chi connectivity index (χ0v) is 25.9. The van der Waals surface area contributed by atoms with Crippen LogP contribution in [0, 0.1) is 10.1 Å². The number of nitrogens with zero attached hydrogens (tertiary/aromatic N) is 5. The number of carbonyl (C=O) groups is 3. The quantitative estimate of drug-likeness (QED) is 0.0703. The molecule has 1 aliphatic heterocycles. The highest BCUT2D eigenvalue weighted by Gasteiger charge is 2.55. The number of hydroxylamine groups is 2. The summed E-state index contributed by atoms with van der Waals surface area (Å²) in [5.41, 5.74) is 2.70. The van der Waals surface area contributed by atoms with E-state index in [-0.39, 0.29) is 24.6 Å². The number of carbonyl (C=O) groups excluding carboxylic acids is 3. The van der Waals surface area contributed by atoms with Crippen molar-refractivity contribution in [3.05, 3.63) is 98.5 Å². The molecule has 4 rings (SSSR count). The molecule has 0 aliphatic carbocycles. The molecule has 1 atom stereocenters. The Morgan fingerprint density at radius 1 is 1.02 bits per heavy atom. The fourth-order valence-corrected chi connectivity index (χ4v) is 5.13. The number of non-ortho nitro benzene ring substituents is 1. The molecule has 0 saturated carbocycles. The molecule has 1 unspecified atom stereocenters. The maximum atomic E-state index is 13.8. The maximum Gasteiger partial charge on any atom is 0.347 e. The number of nitrogens with one attached hydrogen (secondary N) is 2. The van der Waals surface area contributed by atoms with Crippen LogP contribution in [0.25, 0.3) is 0 Å². The van der Waals surface area contributed by atoms with E-state index in [0.29, 0.717) is 44.9 Å². The van der Waals surface area contributed by atoms with Crippen LogP contribution in [-0.4, -0.2) is 62.5 Å². The van der Waals surface area contributed by atoms with Crippen LogP contribution in [0.4, 0.5) is 26.7 Å². The zero-order chi connectivity index (χ0) is 32.7. The standard InChI is InChI=1S/C30H31Cl2N7O6/c1-30(2)27(38(43)28(41)34-23-12-8-21(31)9-13-23)37(24-16-10-22(32)11-17-24)29(42)36(30)18-4-3-5-26(40)35-33-19-20-6-14-25(15-7-20)39(44)45/h6-17,19,27,43H,3-5,18H2,1-2H3,(H,34,41)(H,35,40). The molecule has 1 heterocycles. The Hall–Kier alpha value is -4.72. The Kier molecular flexibility index (Phi) is 10.6. The number of hydrogen-bond acceptors (Lipinski definition) is 7. The first kappa shape index (κ1) is 33.2. The van der Waals surface area contributed by atoms with Crippen molar-refractivity contribution >= 4 is 64.4 Å². The van der Waals surface area contributed by atoms with Gasteiger partial charge in [-0.05, 0) is 92.9 Å². The Balaban J connectivity index is 1.40. The second-order valence-corrected chi connectivity index (χ2v) is 11.6. The number of amides is 5. The molecule has 1 saturated heterocycles. The first-order chi connectivity index (χ1) is 21.4. The van der Waals surface area contributed by atoms with Gasteiger partial charge in [-0.15, -0.1) is 0 Å². The second-order valence-electron chi connectivity index (χ2n) is 10.7. The lowest BCUT2D eigenvalue weighted by Crippen LogP contribution is -2.58. The summed E-state index contributed by atoms with van der Waals surface area (Å²) in [4.78, 5) is 52.4. The van der Waals surface area contributed by atoms with Crippen molar-refractivity contribution in [3.8, 4) is 0 Å². The number of hydrazone groups is 1. The van der Waals surface area contributed by atoms with Gasteiger partial charge in [0.2, 0.25) is 5.91 Å². The van der Waals surface area contributed by atoms with Crippen LogP contribution in [0.15, 0.2) is 77.9 Å². The van der Waals surface area contributed by atoms with Gasteiger partial charge in [0.25, 0.3) is 5.69 Å². The van der Waals surface area contributed by atoms with Crippen molar-refractivity contribution in [2.75, 3.05) is 16.8 Å². The van der Waals surface area contributed by atoms with Gasteiger partial charge in [-0.2, -0.15) is 10.2 Å². The molecule has 13 nitrogen and oxygen atoms in total. The Morgan fingerprint density at radius 3 is 2.22 bits per heavy atom. The van der Waals surface area contributed by atoms with Crippen LogP contribution >= 0.6 is 23.2 Å². The van der Waals surface area contributed by atoms with Crippen molar-refractivity contribution < 1.29 is 24.5 Å². The molecular weight excluding hydrogens is 625 g/mol. The first-order valence-corrected chi connectivity index (χ1v) is 14.6. The predicted octanol–water partition coefficient (Wildman–Crippen LogP) is 6.49. The summed E-state index contributed by atoms with van der Waals surface area (Å²) in [7, 11) is 0. The fraction of sp³-hybridized carbons (Fsp3) is 0.267. The van der Waals surface area contributed by atoms with Crippen LogP contribution in [0.5, 0.6) is 0 Å². The molecule has 3 aromatic rings. The van der Waals surface area contributed by atoms with E-state index in [2.05, 4.69) is 15.8 Å². The van der Waals surface area contributed by atoms with Gasteiger partial charge in [-0.25, -0.2) is 15.0 Å². The third kappa shape index (κ3) is 8.06. The molecule has 5 amide bonds. The molecule has 236 valence electrons. The summed E-state index contributed by atoms with van der Waals surface area (Å²) in [6.07, 6.45) is 1.24. The molecule has 0 aromatic heterocycles. The van der Waals surface area contributed by atoms with Crippen LogP contribution in [-0.2, 0) is 4.79 Å². The number of benzene rings is 3. The number of nitro groups is 1. The van der Waals surface area contributed by atoms with Crippen molar-refractivity contribution in [2.45, 2.75) is 44.8 Å². The van der Waals surface area contributed by atoms with Crippen molar-refractivity contribution in [1.29, 1.82) is 0 Å². The van der Waals surface area contributed by atoms with Crippen LogP contribution in [0.2, 0.25) is 10.0 Å². The van der Waals surface area contributed by atoms with E-state index >= 15 is 0 Å². The second kappa shape index (κ2) is 14.4. The summed E-state index contributed by atoms with van der Waals surface area (Å²) >= 11 is 12.0. The third-order valence-electron chi connectivity index (χ3n) is 7.19. The average Bonchev–Trinajstić information content (AvgIpc) is 3.20. The van der Waals surface area contributed by atoms with Gasteiger partial charge in [0.05, 0.1) is 16.7 Å². The number of rotatable bonds is 11. The zero-order valence-electron chi connectivity index (χ0n) is 24.4. The molecule has 0 bridgehead atoms. The largest absolute Gasteiger partial charge is 0.347 e. The van der Waals surface area contributed by atoms with Crippen molar-refractivity contribution in [2.24, 2.45) is 5.10 Å². The van der Waals surface area contributed by atoms with Gasteiger partial charge >= 0.3 is 12.1 Å². The van der Waals surface area contributed by atoms with E-state index in [9.17, 15) is 29.7 Å². The molecule has 45 heavy (non-hydrogen) atoms. The molecule has 0 radical (unpaired) electrons. The number of nitro benzene ring substituents is 1. The van der Waals surface area contributed by atoms with Crippen LogP contribution < -0.4 is 15.6 Å². The highest BCUT2D eigenvalue weighted by Crippen LogP contribution is 2.38. The minimum absolute atomic E-state index is 0.0497. The van der Waals surface area contributed by atoms with Gasteiger partial charge in [0, 0.05) is 46.5 Å². The minimum Gasteiger partial charge on any atom is -0.315 e. The van der Waals surface area contributed by atoms with E-state index in [0.717, 1.165) is 0 Å². The number of halogens is 2. The number of urea groups is 2. The molecule has 3 N–H and O–H groups in total. The Labute approximate surface area is 269 Å². The van der Waals surface area contributed by atoms with Crippen molar-refractivity contribution in [3.63, 3.8) is 0 Å². The molecular formula is C30H31Cl2N7O6. The number of hydrogen-bond donors (Lipinski definition) is 3. The monoisotopic (exact) mass is 655 g/mol. The lowest BCUT2D eigenvalue weighted by atomic mass is 9.99. The summed E-state index contributed by atoms with van der Waals surface area (Å²) in [6.45, 7) is 3.71. The summed E-state index contributed by atoms with van der Waals surface area (Å²) in [5.74, 6) is -0.346. The van der Waals surface area contributed by atoms with E-state index < -0.39 is 28.7 Å². The topological polar surface area (TPSA) is 161 Å². The summed E-state index contributed by atoms with van der Waals surface area (Å²) < 4.78 is 0. The number of unbranched alkanes of at least 4 members (excludes halogenated alkanes) is 1. The first-order valence-electron chi connectivity index (χ1n) is 13.9. The Bertz CT molecular complexity index is 1570. The lowest BCUT2D eigenvalue weighted by Gasteiger charge is -2.38. The van der Waals surface area contributed by atoms with Crippen LogP contribution in [0.1, 0.15) is 38.7 Å². The minimum atomic E-state index is -1.13. The Morgan fingerprint density at radius 2 is 1.62 bits per heavy atom. The third-order valence-corrected chi connectivity index (χ3v) is 7.70. The molecule has 1 aliphatic rings. The number of anilines is 2. The van der Waals surface area contributed by atoms with E-state index in [1.165, 1.54) is 35.4 Å². The molecule has 1 fully saturated rings. The molecule has 3 aromatic carbocycles. The van der Waals surface area contributed by atoms with Gasteiger partial charge in [0.15, 0.2) is 6.17 Å². The van der Waals surface area contributed by atoms with Gasteiger partial charge in [-0.1, -0.05) is 23.2 Å². The highest BCUT2D eigenvalue weighted by molar-refractivity contribution is 6.31. The summed E-state index contributed by atoms with van der Waals surface area (Å²) in [5, 5.41) is 29.9. The van der Waals surface area contributed by atoms with Crippen LogP contribution in [0.3, 0.4) is 0 Å². The van der Waals surface area contributed by atoms with Crippen molar-refractivity contribution in [1.82, 2.24) is 15.4 Å². The van der Waals surface area contributed by atoms with E-state index in [4.69, 9.17) is 23.2 Å². The lowest BCUT2D eigenvalue weighted by molar-refractivity contribution is -0.384. The maximum absolute atomic E-state index is 13.8. The van der Waals surface area contributed by atoms with E-state index in [1.54, 1.807) is 67.3 Å². The van der Waals surface area contributed by atoms with Gasteiger partial charge < -0.3 is 10.2 Å². The normalized spacial score (nSPS) is 15.8. The SMILES string of the molecule is CC1(C)C(N(O)C(=O)Nc2ccc(Cl)cc2)N(c2ccc(Cl)cc2)C(=O)N1CCCCC(=O)NN=Cc1ccc([N+](=O)[O-])cc1. The average molecular weight is 657 g/mol. The summed E-state index contributed by atoms with van der Waals surface area (Å²) in [6, 6.07) is 17.2.